The van der Waals surface area contributed by atoms with E-state index in [0.717, 1.165) is 17.6 Å². The first-order chi connectivity index (χ1) is 8.61. The van der Waals surface area contributed by atoms with E-state index in [0.29, 0.717) is 12.6 Å². The molecule has 1 fully saturated rings. The SMILES string of the molecule is CC1CN(C(CN)c2cccc(Br)c2)C(C)CO1. The van der Waals surface area contributed by atoms with Gasteiger partial charge in [-0.25, -0.2) is 0 Å². The summed E-state index contributed by atoms with van der Waals surface area (Å²) in [4.78, 5) is 2.45. The molecule has 1 aromatic carbocycles. The molecule has 1 heterocycles. The van der Waals surface area contributed by atoms with E-state index in [1.807, 2.05) is 6.07 Å². The van der Waals surface area contributed by atoms with Gasteiger partial charge >= 0.3 is 0 Å². The summed E-state index contributed by atoms with van der Waals surface area (Å²) in [5.41, 5.74) is 7.27. The zero-order chi connectivity index (χ0) is 13.1. The summed E-state index contributed by atoms with van der Waals surface area (Å²) in [6.07, 6.45) is 0.280. The minimum atomic E-state index is 0.267. The van der Waals surface area contributed by atoms with Gasteiger partial charge in [-0.05, 0) is 31.5 Å². The molecule has 3 unspecified atom stereocenters. The number of hydrogen-bond donors (Lipinski definition) is 1. The number of rotatable bonds is 3. The van der Waals surface area contributed by atoms with Crippen molar-refractivity contribution in [2.75, 3.05) is 19.7 Å². The lowest BCUT2D eigenvalue weighted by Crippen LogP contribution is -2.50. The van der Waals surface area contributed by atoms with Gasteiger partial charge < -0.3 is 10.5 Å². The van der Waals surface area contributed by atoms with E-state index in [-0.39, 0.29) is 12.1 Å². The standard InChI is InChI=1S/C14H21BrN2O/c1-10-9-18-11(2)8-17(10)14(7-16)12-4-3-5-13(15)6-12/h3-6,10-11,14H,7-9,16H2,1-2H3. The fourth-order valence-corrected chi connectivity index (χ4v) is 2.96. The van der Waals surface area contributed by atoms with E-state index < -0.39 is 0 Å². The van der Waals surface area contributed by atoms with Gasteiger partial charge in [0.25, 0.3) is 0 Å². The minimum absolute atomic E-state index is 0.267. The zero-order valence-electron chi connectivity index (χ0n) is 11.0. The molecule has 1 saturated heterocycles. The fourth-order valence-electron chi connectivity index (χ4n) is 2.54. The minimum Gasteiger partial charge on any atom is -0.376 e. The van der Waals surface area contributed by atoms with Gasteiger partial charge in [0.05, 0.1) is 12.7 Å². The molecular weight excluding hydrogens is 292 g/mol. The first kappa shape index (κ1) is 14.0. The Hall–Kier alpha value is -0.420. The molecule has 0 spiro atoms. The molecule has 1 aliphatic rings. The van der Waals surface area contributed by atoms with Crippen LogP contribution in [0.25, 0.3) is 0 Å². The number of nitrogens with zero attached hydrogens (tertiary/aromatic N) is 1. The van der Waals surface area contributed by atoms with E-state index in [4.69, 9.17) is 10.5 Å². The second kappa shape index (κ2) is 6.15. The van der Waals surface area contributed by atoms with E-state index in [9.17, 15) is 0 Å². The Labute approximate surface area is 117 Å². The van der Waals surface area contributed by atoms with E-state index in [2.05, 4.69) is 52.9 Å². The molecular formula is C14H21BrN2O. The van der Waals surface area contributed by atoms with E-state index in [1.165, 1.54) is 5.56 Å². The third-order valence-electron chi connectivity index (χ3n) is 3.51. The van der Waals surface area contributed by atoms with Gasteiger partial charge in [-0.15, -0.1) is 0 Å². The second-order valence-electron chi connectivity index (χ2n) is 5.00. The summed E-state index contributed by atoms with van der Waals surface area (Å²) in [5, 5.41) is 0. The van der Waals surface area contributed by atoms with Crippen LogP contribution in [0.3, 0.4) is 0 Å². The van der Waals surface area contributed by atoms with Crippen LogP contribution < -0.4 is 5.73 Å². The highest BCUT2D eigenvalue weighted by molar-refractivity contribution is 9.10. The number of halogens is 1. The summed E-state index contributed by atoms with van der Waals surface area (Å²) < 4.78 is 6.79. The van der Waals surface area contributed by atoms with Crippen molar-refractivity contribution in [3.8, 4) is 0 Å². The zero-order valence-corrected chi connectivity index (χ0v) is 12.6. The van der Waals surface area contributed by atoms with Gasteiger partial charge in [-0.1, -0.05) is 28.1 Å². The summed E-state index contributed by atoms with van der Waals surface area (Å²) in [6.45, 7) is 6.68. The number of hydrogen-bond acceptors (Lipinski definition) is 3. The third kappa shape index (κ3) is 3.12. The molecule has 0 radical (unpaired) electrons. The maximum Gasteiger partial charge on any atom is 0.0675 e. The van der Waals surface area contributed by atoms with Crippen LogP contribution in [-0.2, 0) is 4.74 Å². The molecule has 3 atom stereocenters. The summed E-state index contributed by atoms with van der Waals surface area (Å²) in [7, 11) is 0. The van der Waals surface area contributed by atoms with Crippen molar-refractivity contribution in [3.05, 3.63) is 34.3 Å². The van der Waals surface area contributed by atoms with Crippen LogP contribution in [-0.4, -0.2) is 36.7 Å². The Balaban J connectivity index is 2.21. The Morgan fingerprint density at radius 2 is 2.28 bits per heavy atom. The molecule has 0 aliphatic carbocycles. The highest BCUT2D eigenvalue weighted by Gasteiger charge is 2.29. The van der Waals surface area contributed by atoms with Crippen LogP contribution in [0.5, 0.6) is 0 Å². The van der Waals surface area contributed by atoms with Crippen LogP contribution in [0.4, 0.5) is 0 Å². The van der Waals surface area contributed by atoms with Crippen LogP contribution in [0.1, 0.15) is 25.5 Å². The molecule has 0 saturated carbocycles. The maximum absolute atomic E-state index is 6.00. The van der Waals surface area contributed by atoms with Crippen molar-refractivity contribution in [2.45, 2.75) is 32.0 Å². The van der Waals surface area contributed by atoms with Crippen molar-refractivity contribution in [2.24, 2.45) is 5.73 Å². The fraction of sp³-hybridized carbons (Fsp3) is 0.571. The van der Waals surface area contributed by atoms with Crippen molar-refractivity contribution in [1.29, 1.82) is 0 Å². The third-order valence-corrected chi connectivity index (χ3v) is 4.01. The summed E-state index contributed by atoms with van der Waals surface area (Å²) in [5.74, 6) is 0. The van der Waals surface area contributed by atoms with Crippen LogP contribution >= 0.6 is 15.9 Å². The lowest BCUT2D eigenvalue weighted by Gasteiger charge is -2.41. The molecule has 4 heteroatoms. The van der Waals surface area contributed by atoms with Crippen molar-refractivity contribution >= 4 is 15.9 Å². The highest BCUT2D eigenvalue weighted by Crippen LogP contribution is 2.27. The number of ether oxygens (including phenoxy) is 1. The lowest BCUT2D eigenvalue weighted by molar-refractivity contribution is -0.0653. The molecule has 100 valence electrons. The Morgan fingerprint density at radius 3 is 2.94 bits per heavy atom. The number of morpholine rings is 1. The van der Waals surface area contributed by atoms with Gasteiger partial charge in [0.15, 0.2) is 0 Å². The first-order valence-corrected chi connectivity index (χ1v) is 7.24. The summed E-state index contributed by atoms with van der Waals surface area (Å²) >= 11 is 3.53. The smallest absolute Gasteiger partial charge is 0.0675 e. The molecule has 1 aromatic rings. The molecule has 0 amide bonds. The average Bonchev–Trinajstić information content (AvgIpc) is 2.35. The van der Waals surface area contributed by atoms with Crippen molar-refractivity contribution < 1.29 is 4.74 Å². The molecule has 0 aromatic heterocycles. The Morgan fingerprint density at radius 1 is 1.50 bits per heavy atom. The molecule has 0 bridgehead atoms. The Bertz CT molecular complexity index is 399. The van der Waals surface area contributed by atoms with Crippen LogP contribution in [0, 0.1) is 0 Å². The predicted octanol–water partition coefficient (Wildman–Crippen LogP) is 2.56. The summed E-state index contributed by atoms with van der Waals surface area (Å²) in [6, 6.07) is 9.09. The first-order valence-electron chi connectivity index (χ1n) is 6.44. The highest BCUT2D eigenvalue weighted by atomic mass is 79.9. The predicted molar refractivity (Wildman–Crippen MR) is 77.5 cm³/mol. The molecule has 1 aliphatic heterocycles. The average molecular weight is 313 g/mol. The largest absolute Gasteiger partial charge is 0.376 e. The number of benzene rings is 1. The Kier molecular flexibility index (Phi) is 4.78. The van der Waals surface area contributed by atoms with Gasteiger partial charge in [0.2, 0.25) is 0 Å². The van der Waals surface area contributed by atoms with Crippen LogP contribution in [0.15, 0.2) is 28.7 Å². The van der Waals surface area contributed by atoms with Gasteiger partial charge in [0, 0.05) is 29.6 Å². The van der Waals surface area contributed by atoms with Gasteiger partial charge in [0.1, 0.15) is 0 Å². The van der Waals surface area contributed by atoms with Crippen molar-refractivity contribution in [3.63, 3.8) is 0 Å². The van der Waals surface area contributed by atoms with Gasteiger partial charge in [-0.2, -0.15) is 0 Å². The molecule has 18 heavy (non-hydrogen) atoms. The second-order valence-corrected chi connectivity index (χ2v) is 5.91. The van der Waals surface area contributed by atoms with E-state index >= 15 is 0 Å². The number of nitrogens with two attached hydrogens (primary N) is 1. The van der Waals surface area contributed by atoms with Gasteiger partial charge in [-0.3, -0.25) is 4.90 Å². The molecule has 2 N–H and O–H groups in total. The molecule has 3 nitrogen and oxygen atoms in total. The molecule has 2 rings (SSSR count). The van der Waals surface area contributed by atoms with Crippen molar-refractivity contribution in [1.82, 2.24) is 4.90 Å². The maximum atomic E-state index is 6.00. The lowest BCUT2D eigenvalue weighted by atomic mass is 10.0. The van der Waals surface area contributed by atoms with E-state index in [1.54, 1.807) is 0 Å². The normalized spacial score (nSPS) is 27.1. The monoisotopic (exact) mass is 312 g/mol. The quantitative estimate of drug-likeness (QED) is 0.932. The van der Waals surface area contributed by atoms with Crippen LogP contribution in [0.2, 0.25) is 0 Å². The topological polar surface area (TPSA) is 38.5 Å².